The number of rotatable bonds is 3. The van der Waals surface area contributed by atoms with Crippen LogP contribution >= 0.6 is 11.8 Å². The molecule has 0 saturated carbocycles. The molecule has 2 heterocycles. The third-order valence-electron chi connectivity index (χ3n) is 2.93. The van der Waals surface area contributed by atoms with Crippen molar-refractivity contribution in [2.24, 2.45) is 0 Å². The summed E-state index contributed by atoms with van der Waals surface area (Å²) < 4.78 is 4.92. The molecule has 0 aromatic carbocycles. The van der Waals surface area contributed by atoms with Gasteiger partial charge >= 0.3 is 5.97 Å². The molecule has 6 nitrogen and oxygen atoms in total. The fourth-order valence-electron chi connectivity index (χ4n) is 1.92. The quantitative estimate of drug-likeness (QED) is 0.893. The minimum atomic E-state index is -0.980. The van der Waals surface area contributed by atoms with Gasteiger partial charge in [0.2, 0.25) is 5.88 Å². The van der Waals surface area contributed by atoms with Gasteiger partial charge in [-0.05, 0) is 13.0 Å². The van der Waals surface area contributed by atoms with Crippen LogP contribution in [0.3, 0.4) is 0 Å². The summed E-state index contributed by atoms with van der Waals surface area (Å²) in [5.74, 6) is -0.479. The van der Waals surface area contributed by atoms with Crippen molar-refractivity contribution < 1.29 is 19.4 Å². The van der Waals surface area contributed by atoms with Crippen molar-refractivity contribution in [3.05, 3.63) is 23.9 Å². The molecular weight excluding hydrogens is 268 g/mol. The molecule has 7 heteroatoms. The van der Waals surface area contributed by atoms with Crippen LogP contribution in [0.2, 0.25) is 0 Å². The second-order valence-corrected chi connectivity index (χ2v) is 5.44. The maximum Gasteiger partial charge on any atom is 0.327 e. The van der Waals surface area contributed by atoms with Crippen molar-refractivity contribution in [2.45, 2.75) is 18.3 Å². The van der Waals surface area contributed by atoms with E-state index < -0.39 is 12.0 Å². The summed E-state index contributed by atoms with van der Waals surface area (Å²) in [4.78, 5) is 28.8. The molecule has 2 rings (SSSR count). The standard InChI is InChI=1S/C12H14N2O4S/c1-7-14(9(6-19-7)12(16)17)11(15)8-3-4-10(18-2)13-5-8/h3-5,7,9H,6H2,1-2H3,(H,16,17). The van der Waals surface area contributed by atoms with Crippen molar-refractivity contribution in [1.29, 1.82) is 0 Å². The number of thioether (sulfide) groups is 1. The Bertz CT molecular complexity index is 491. The van der Waals surface area contributed by atoms with E-state index in [2.05, 4.69) is 4.98 Å². The lowest BCUT2D eigenvalue weighted by Gasteiger charge is -2.24. The van der Waals surface area contributed by atoms with Gasteiger partial charge in [0, 0.05) is 18.0 Å². The molecule has 0 spiro atoms. The first-order valence-electron chi connectivity index (χ1n) is 5.71. The first kappa shape index (κ1) is 13.7. The molecule has 2 atom stereocenters. The van der Waals surface area contributed by atoms with Gasteiger partial charge in [-0.1, -0.05) is 0 Å². The lowest BCUT2D eigenvalue weighted by Crippen LogP contribution is -2.44. The van der Waals surface area contributed by atoms with Gasteiger partial charge in [0.15, 0.2) is 0 Å². The Kier molecular flexibility index (Phi) is 3.94. The van der Waals surface area contributed by atoms with Crippen LogP contribution in [0.1, 0.15) is 17.3 Å². The number of methoxy groups -OCH3 is 1. The average Bonchev–Trinajstić information content (AvgIpc) is 2.80. The predicted octanol–water partition coefficient (Wildman–Crippen LogP) is 1.08. The highest BCUT2D eigenvalue weighted by molar-refractivity contribution is 8.00. The molecule has 1 fully saturated rings. The molecule has 1 aromatic rings. The van der Waals surface area contributed by atoms with Crippen molar-refractivity contribution in [3.63, 3.8) is 0 Å². The van der Waals surface area contributed by atoms with Crippen LogP contribution in [0.4, 0.5) is 0 Å². The zero-order valence-electron chi connectivity index (χ0n) is 10.6. The Morgan fingerprint density at radius 3 is 2.79 bits per heavy atom. The van der Waals surface area contributed by atoms with Gasteiger partial charge < -0.3 is 14.7 Å². The van der Waals surface area contributed by atoms with Crippen LogP contribution in [0.25, 0.3) is 0 Å². The van der Waals surface area contributed by atoms with Gasteiger partial charge in [-0.25, -0.2) is 9.78 Å². The number of amides is 1. The first-order chi connectivity index (χ1) is 9.04. The Balaban J connectivity index is 2.23. The second-order valence-electron chi connectivity index (χ2n) is 4.09. The van der Waals surface area contributed by atoms with Gasteiger partial charge in [0.25, 0.3) is 5.91 Å². The number of nitrogens with zero attached hydrogens (tertiary/aromatic N) is 2. The smallest absolute Gasteiger partial charge is 0.327 e. The van der Waals surface area contributed by atoms with Gasteiger partial charge in [0.05, 0.1) is 18.0 Å². The van der Waals surface area contributed by atoms with Crippen molar-refractivity contribution in [2.75, 3.05) is 12.9 Å². The van der Waals surface area contributed by atoms with Crippen LogP contribution in [0.15, 0.2) is 18.3 Å². The van der Waals surface area contributed by atoms with Crippen molar-refractivity contribution in [1.82, 2.24) is 9.88 Å². The number of carboxylic acid groups (broad SMARTS) is 1. The Morgan fingerprint density at radius 2 is 2.26 bits per heavy atom. The Morgan fingerprint density at radius 1 is 1.53 bits per heavy atom. The molecule has 1 aromatic heterocycles. The zero-order chi connectivity index (χ0) is 14.0. The van der Waals surface area contributed by atoms with E-state index in [1.807, 2.05) is 6.92 Å². The van der Waals surface area contributed by atoms with E-state index in [0.717, 1.165) is 0 Å². The topological polar surface area (TPSA) is 79.7 Å². The van der Waals surface area contributed by atoms with E-state index in [9.17, 15) is 9.59 Å². The minimum Gasteiger partial charge on any atom is -0.481 e. The molecular formula is C12H14N2O4S. The third-order valence-corrected chi connectivity index (χ3v) is 4.15. The fourth-order valence-corrected chi connectivity index (χ4v) is 3.09. The first-order valence-corrected chi connectivity index (χ1v) is 6.76. The number of hydrogen-bond donors (Lipinski definition) is 1. The summed E-state index contributed by atoms with van der Waals surface area (Å²) in [6, 6.07) is 2.38. The fraction of sp³-hybridized carbons (Fsp3) is 0.417. The maximum atomic E-state index is 12.3. The molecule has 1 amide bonds. The summed E-state index contributed by atoms with van der Waals surface area (Å²) in [7, 11) is 1.49. The zero-order valence-corrected chi connectivity index (χ0v) is 11.4. The predicted molar refractivity (Wildman–Crippen MR) is 70.3 cm³/mol. The summed E-state index contributed by atoms with van der Waals surface area (Å²) >= 11 is 1.45. The molecule has 1 N–H and O–H groups in total. The molecule has 0 bridgehead atoms. The van der Waals surface area contributed by atoms with E-state index in [1.54, 1.807) is 12.1 Å². The van der Waals surface area contributed by atoms with E-state index in [1.165, 1.54) is 30.0 Å². The number of carbonyl (C=O) groups is 2. The third kappa shape index (κ3) is 2.65. The number of aromatic nitrogens is 1. The highest BCUT2D eigenvalue weighted by Crippen LogP contribution is 2.30. The SMILES string of the molecule is COc1ccc(C(=O)N2C(C)SCC2C(=O)O)cn1. The van der Waals surface area contributed by atoms with Crippen LogP contribution < -0.4 is 4.74 Å². The van der Waals surface area contributed by atoms with Crippen LogP contribution in [-0.4, -0.2) is 51.1 Å². The van der Waals surface area contributed by atoms with E-state index in [-0.39, 0.29) is 11.3 Å². The van der Waals surface area contributed by atoms with E-state index in [0.29, 0.717) is 17.2 Å². The van der Waals surface area contributed by atoms with Gasteiger partial charge in [-0.3, -0.25) is 4.79 Å². The van der Waals surface area contributed by atoms with Crippen molar-refractivity contribution >= 4 is 23.6 Å². The van der Waals surface area contributed by atoms with Gasteiger partial charge in [0.1, 0.15) is 6.04 Å². The van der Waals surface area contributed by atoms with Crippen LogP contribution in [-0.2, 0) is 4.79 Å². The lowest BCUT2D eigenvalue weighted by molar-refractivity contribution is -0.141. The monoisotopic (exact) mass is 282 g/mol. The number of carbonyl (C=O) groups excluding carboxylic acids is 1. The van der Waals surface area contributed by atoms with E-state index >= 15 is 0 Å². The number of aliphatic carboxylic acids is 1. The Hall–Kier alpha value is -1.76. The molecule has 0 aliphatic carbocycles. The highest BCUT2D eigenvalue weighted by atomic mass is 32.2. The summed E-state index contributed by atoms with van der Waals surface area (Å²) in [6.45, 7) is 1.82. The molecule has 0 radical (unpaired) electrons. The summed E-state index contributed by atoms with van der Waals surface area (Å²) in [5.41, 5.74) is 0.362. The van der Waals surface area contributed by atoms with Crippen LogP contribution in [0, 0.1) is 0 Å². The molecule has 1 saturated heterocycles. The molecule has 2 unspecified atom stereocenters. The molecule has 19 heavy (non-hydrogen) atoms. The number of hydrogen-bond acceptors (Lipinski definition) is 5. The highest BCUT2D eigenvalue weighted by Gasteiger charge is 2.39. The second kappa shape index (κ2) is 5.48. The summed E-state index contributed by atoms with van der Waals surface area (Å²) in [6.07, 6.45) is 1.40. The minimum absolute atomic E-state index is 0.157. The normalized spacial score (nSPS) is 22.3. The lowest BCUT2D eigenvalue weighted by atomic mass is 10.2. The van der Waals surface area contributed by atoms with Crippen LogP contribution in [0.5, 0.6) is 5.88 Å². The van der Waals surface area contributed by atoms with E-state index in [4.69, 9.17) is 9.84 Å². The largest absolute Gasteiger partial charge is 0.481 e. The average molecular weight is 282 g/mol. The number of carboxylic acids is 1. The molecule has 1 aliphatic heterocycles. The number of ether oxygens (including phenoxy) is 1. The molecule has 1 aliphatic rings. The maximum absolute atomic E-state index is 12.3. The number of pyridine rings is 1. The van der Waals surface area contributed by atoms with Gasteiger partial charge in [-0.15, -0.1) is 11.8 Å². The van der Waals surface area contributed by atoms with Gasteiger partial charge in [-0.2, -0.15) is 0 Å². The van der Waals surface area contributed by atoms with Crippen molar-refractivity contribution in [3.8, 4) is 5.88 Å². The molecule has 102 valence electrons. The Labute approximate surface area is 114 Å². The summed E-state index contributed by atoms with van der Waals surface area (Å²) in [5, 5.41) is 8.98.